The molecule has 0 atom stereocenters. The van der Waals surface area contributed by atoms with Gasteiger partial charge in [-0.2, -0.15) is 5.10 Å². The van der Waals surface area contributed by atoms with Crippen LogP contribution in [0.25, 0.3) is 0 Å². The lowest BCUT2D eigenvalue weighted by Crippen LogP contribution is -2.12. The summed E-state index contributed by atoms with van der Waals surface area (Å²) in [5, 5.41) is 7.14. The zero-order chi connectivity index (χ0) is 14.7. The van der Waals surface area contributed by atoms with E-state index >= 15 is 0 Å². The van der Waals surface area contributed by atoms with Crippen LogP contribution in [0.1, 0.15) is 11.1 Å². The molecule has 0 saturated heterocycles. The van der Waals surface area contributed by atoms with Gasteiger partial charge in [0.25, 0.3) is 0 Å². The number of aromatic nitrogens is 2. The van der Waals surface area contributed by atoms with Gasteiger partial charge in [-0.1, -0.05) is 12.2 Å². The summed E-state index contributed by atoms with van der Waals surface area (Å²) in [4.78, 5) is 0.165. The molecule has 7 heteroatoms. The monoisotopic (exact) mass is 356 g/mol. The summed E-state index contributed by atoms with van der Waals surface area (Å²) < 4.78 is 16.1. The van der Waals surface area contributed by atoms with Crippen LogP contribution in [0.5, 0.6) is 0 Å². The molecule has 20 heavy (non-hydrogen) atoms. The minimum atomic E-state index is -0.388. The van der Waals surface area contributed by atoms with Crippen LogP contribution in [0.2, 0.25) is 0 Å². The predicted molar refractivity (Wildman–Crippen MR) is 85.4 cm³/mol. The lowest BCUT2D eigenvalue weighted by Gasteiger charge is -2.10. The highest BCUT2D eigenvalue weighted by molar-refractivity contribution is 9.10. The van der Waals surface area contributed by atoms with Crippen LogP contribution in [0.15, 0.2) is 29.0 Å². The van der Waals surface area contributed by atoms with E-state index in [1.165, 1.54) is 0 Å². The molecular weight excluding hydrogens is 343 g/mol. The Labute approximate surface area is 130 Å². The van der Waals surface area contributed by atoms with Crippen molar-refractivity contribution in [2.45, 2.75) is 6.42 Å². The molecule has 0 fully saturated rings. The number of hydrogen-bond donors (Lipinski definition) is 2. The summed E-state index contributed by atoms with van der Waals surface area (Å²) >= 11 is 8.03. The molecule has 2 rings (SSSR count). The second-order valence-corrected chi connectivity index (χ2v) is 5.58. The fourth-order valence-corrected chi connectivity index (χ4v) is 2.68. The molecule has 0 aliphatic heterocycles. The first-order chi connectivity index (χ1) is 9.49. The van der Waals surface area contributed by atoms with Gasteiger partial charge in [0.2, 0.25) is 0 Å². The maximum atomic E-state index is 14.1. The molecule has 1 aromatic heterocycles. The average molecular weight is 357 g/mol. The Balaban J connectivity index is 2.03. The van der Waals surface area contributed by atoms with E-state index in [-0.39, 0.29) is 15.3 Å². The summed E-state index contributed by atoms with van der Waals surface area (Å²) in [5.74, 6) is -0.388. The number of aryl methyl sites for hydroxylation is 1. The van der Waals surface area contributed by atoms with Crippen LogP contribution < -0.4 is 11.1 Å². The maximum Gasteiger partial charge on any atom is 0.161 e. The normalized spacial score (nSPS) is 10.6. The number of hydrogen-bond acceptors (Lipinski definition) is 3. The second kappa shape index (κ2) is 6.32. The number of benzene rings is 1. The fraction of sp³-hybridized carbons (Fsp3) is 0.231. The van der Waals surface area contributed by atoms with Gasteiger partial charge >= 0.3 is 0 Å². The molecule has 2 aromatic rings. The largest absolute Gasteiger partial charge is 0.389 e. The van der Waals surface area contributed by atoms with E-state index in [2.05, 4.69) is 26.3 Å². The molecule has 4 nitrogen and oxygen atoms in total. The maximum absolute atomic E-state index is 14.1. The Morgan fingerprint density at radius 1 is 1.55 bits per heavy atom. The SMILES string of the molecule is Cn1cc(CCNc2ccc(C(N)=S)c(Br)c2F)cn1. The minimum absolute atomic E-state index is 0.165. The van der Waals surface area contributed by atoms with E-state index in [1.54, 1.807) is 23.0 Å². The zero-order valence-electron chi connectivity index (χ0n) is 10.9. The van der Waals surface area contributed by atoms with Crippen molar-refractivity contribution in [3.8, 4) is 0 Å². The van der Waals surface area contributed by atoms with E-state index in [0.717, 1.165) is 12.0 Å². The fourth-order valence-electron chi connectivity index (χ4n) is 1.82. The lowest BCUT2D eigenvalue weighted by atomic mass is 10.2. The Morgan fingerprint density at radius 2 is 2.30 bits per heavy atom. The van der Waals surface area contributed by atoms with Gasteiger partial charge in [-0.25, -0.2) is 4.39 Å². The van der Waals surface area contributed by atoms with Crippen LogP contribution in [-0.4, -0.2) is 21.3 Å². The van der Waals surface area contributed by atoms with Crippen LogP contribution in [0.3, 0.4) is 0 Å². The Kier molecular flexibility index (Phi) is 4.72. The number of nitrogens with zero attached hydrogens (tertiary/aromatic N) is 2. The van der Waals surface area contributed by atoms with E-state index < -0.39 is 0 Å². The summed E-state index contributed by atoms with van der Waals surface area (Å²) in [6, 6.07) is 3.33. The van der Waals surface area contributed by atoms with E-state index in [4.69, 9.17) is 18.0 Å². The second-order valence-electron chi connectivity index (χ2n) is 4.35. The molecule has 0 radical (unpaired) electrons. The molecule has 0 amide bonds. The highest BCUT2D eigenvalue weighted by Gasteiger charge is 2.12. The van der Waals surface area contributed by atoms with Crippen molar-refractivity contribution in [1.82, 2.24) is 9.78 Å². The smallest absolute Gasteiger partial charge is 0.161 e. The first-order valence-electron chi connectivity index (χ1n) is 5.98. The van der Waals surface area contributed by atoms with Crippen LogP contribution in [0, 0.1) is 5.82 Å². The molecule has 0 saturated carbocycles. The molecule has 0 aliphatic carbocycles. The highest BCUT2D eigenvalue weighted by Crippen LogP contribution is 2.27. The predicted octanol–water partition coefficient (Wildman–Crippen LogP) is 2.61. The van der Waals surface area contributed by atoms with E-state index in [1.807, 2.05) is 13.2 Å². The van der Waals surface area contributed by atoms with Crippen molar-refractivity contribution in [1.29, 1.82) is 0 Å². The van der Waals surface area contributed by atoms with Crippen LogP contribution >= 0.6 is 28.1 Å². The number of anilines is 1. The van der Waals surface area contributed by atoms with Crippen molar-refractivity contribution in [3.05, 3.63) is 45.9 Å². The number of halogens is 2. The third-order valence-corrected chi connectivity index (χ3v) is 3.83. The number of nitrogens with two attached hydrogens (primary N) is 1. The standard InChI is InChI=1S/C13H14BrFN4S/c1-19-7-8(6-18-19)4-5-17-10-3-2-9(13(16)20)11(14)12(10)15/h2-3,6-7,17H,4-5H2,1H3,(H2,16,20). The average Bonchev–Trinajstić information content (AvgIpc) is 2.80. The van der Waals surface area contributed by atoms with Crippen LogP contribution in [0.4, 0.5) is 10.1 Å². The van der Waals surface area contributed by atoms with Gasteiger partial charge in [0.05, 0.1) is 16.4 Å². The van der Waals surface area contributed by atoms with Gasteiger partial charge in [0.1, 0.15) is 4.99 Å². The summed E-state index contributed by atoms with van der Waals surface area (Å²) in [7, 11) is 1.86. The third kappa shape index (κ3) is 3.34. The molecule has 1 aromatic carbocycles. The highest BCUT2D eigenvalue weighted by atomic mass is 79.9. The Hall–Kier alpha value is -1.47. The molecule has 0 unspecified atom stereocenters. The van der Waals surface area contributed by atoms with Crippen molar-refractivity contribution < 1.29 is 4.39 Å². The van der Waals surface area contributed by atoms with Gasteiger partial charge in [-0.05, 0) is 40.0 Å². The number of nitrogens with one attached hydrogen (secondary N) is 1. The number of rotatable bonds is 5. The molecule has 3 N–H and O–H groups in total. The molecule has 1 heterocycles. The minimum Gasteiger partial charge on any atom is -0.389 e. The van der Waals surface area contributed by atoms with E-state index in [0.29, 0.717) is 17.8 Å². The van der Waals surface area contributed by atoms with E-state index in [9.17, 15) is 4.39 Å². The topological polar surface area (TPSA) is 55.9 Å². The quantitative estimate of drug-likeness (QED) is 0.808. The molecular formula is C13H14BrFN4S. The molecule has 0 aliphatic rings. The zero-order valence-corrected chi connectivity index (χ0v) is 13.3. The Bertz CT molecular complexity index is 641. The van der Waals surface area contributed by atoms with Gasteiger partial charge in [0.15, 0.2) is 5.82 Å². The summed E-state index contributed by atoms with van der Waals surface area (Å²) in [6.45, 7) is 0.613. The molecule has 0 spiro atoms. The van der Waals surface area contributed by atoms with Gasteiger partial charge < -0.3 is 11.1 Å². The van der Waals surface area contributed by atoms with Gasteiger partial charge in [0, 0.05) is 25.4 Å². The van der Waals surface area contributed by atoms with Crippen molar-refractivity contribution >= 4 is 38.8 Å². The summed E-state index contributed by atoms with van der Waals surface area (Å²) in [5.41, 5.74) is 7.53. The lowest BCUT2D eigenvalue weighted by molar-refractivity contribution is 0.623. The van der Waals surface area contributed by atoms with Crippen molar-refractivity contribution in [2.24, 2.45) is 12.8 Å². The Morgan fingerprint density at radius 3 is 2.90 bits per heavy atom. The van der Waals surface area contributed by atoms with Crippen molar-refractivity contribution in [2.75, 3.05) is 11.9 Å². The first-order valence-corrected chi connectivity index (χ1v) is 7.18. The molecule has 106 valence electrons. The van der Waals surface area contributed by atoms with Gasteiger partial charge in [-0.15, -0.1) is 0 Å². The van der Waals surface area contributed by atoms with Gasteiger partial charge in [-0.3, -0.25) is 4.68 Å². The first kappa shape index (κ1) is 14.9. The van der Waals surface area contributed by atoms with Crippen LogP contribution in [-0.2, 0) is 13.5 Å². The molecule has 0 bridgehead atoms. The third-order valence-electron chi connectivity index (χ3n) is 2.84. The van der Waals surface area contributed by atoms with Crippen molar-refractivity contribution in [3.63, 3.8) is 0 Å². The number of thiocarbonyl (C=S) groups is 1. The summed E-state index contributed by atoms with van der Waals surface area (Å²) in [6.07, 6.45) is 4.50.